The Hall–Kier alpha value is -3.20. The number of unbranched alkanes of at least 4 members (excludes halogenated alkanes) is 1. The molecule has 2 aliphatic heterocycles. The van der Waals surface area contributed by atoms with Gasteiger partial charge in [0.2, 0.25) is 5.95 Å². The van der Waals surface area contributed by atoms with Gasteiger partial charge in [0.25, 0.3) is 11.8 Å². The van der Waals surface area contributed by atoms with Crippen LogP contribution >= 0.6 is 0 Å². The zero-order valence-corrected chi connectivity index (χ0v) is 17.7. The van der Waals surface area contributed by atoms with Crippen molar-refractivity contribution in [3.05, 3.63) is 42.2 Å². The quantitative estimate of drug-likeness (QED) is 0.487. The summed E-state index contributed by atoms with van der Waals surface area (Å²) in [5.41, 5.74) is 0.365. The van der Waals surface area contributed by atoms with E-state index in [0.717, 1.165) is 51.5 Å². The fourth-order valence-electron chi connectivity index (χ4n) is 3.86. The molecule has 0 N–H and O–H groups in total. The van der Waals surface area contributed by atoms with Crippen LogP contribution in [0.15, 0.2) is 36.7 Å². The zero-order valence-electron chi connectivity index (χ0n) is 17.7. The van der Waals surface area contributed by atoms with Crippen LogP contribution in [0, 0.1) is 0 Å². The molecule has 2 aliphatic rings. The largest absolute Gasteiger partial charge is 0.497 e. The van der Waals surface area contributed by atoms with Crippen molar-refractivity contribution in [3.63, 3.8) is 0 Å². The summed E-state index contributed by atoms with van der Waals surface area (Å²) in [6.45, 7) is 4.86. The van der Waals surface area contributed by atoms with Gasteiger partial charge < -0.3 is 14.4 Å². The maximum atomic E-state index is 12.9. The molecule has 2 amide bonds. The topological polar surface area (TPSA) is 88.1 Å². The van der Waals surface area contributed by atoms with Gasteiger partial charge in [-0.3, -0.25) is 19.4 Å². The third-order valence-electron chi connectivity index (χ3n) is 5.63. The smallest absolute Gasteiger partial charge is 0.267 e. The lowest BCUT2D eigenvalue weighted by molar-refractivity contribution is -0.130. The number of nitrogens with zero attached hydrogens (tertiary/aromatic N) is 5. The molecule has 1 aromatic heterocycles. The molecular weight excluding hydrogens is 398 g/mol. The number of benzene rings is 1. The number of anilines is 1. The minimum atomic E-state index is -0.326. The first-order chi connectivity index (χ1) is 15.2. The van der Waals surface area contributed by atoms with Gasteiger partial charge >= 0.3 is 0 Å². The predicted octanol–water partition coefficient (Wildman–Crippen LogP) is 1.45. The molecule has 1 aromatic carbocycles. The molecule has 0 bridgehead atoms. The fraction of sp³-hybridized carbons (Fsp3) is 0.455. The van der Waals surface area contributed by atoms with Crippen LogP contribution < -0.4 is 14.4 Å². The van der Waals surface area contributed by atoms with Crippen LogP contribution in [-0.4, -0.2) is 84.6 Å². The second-order valence-corrected chi connectivity index (χ2v) is 7.59. The normalized spacial score (nSPS) is 17.2. The van der Waals surface area contributed by atoms with Crippen LogP contribution in [0.1, 0.15) is 23.2 Å². The summed E-state index contributed by atoms with van der Waals surface area (Å²) < 4.78 is 10.7. The lowest BCUT2D eigenvalue weighted by Crippen LogP contribution is -2.47. The first-order valence-electron chi connectivity index (χ1n) is 10.6. The van der Waals surface area contributed by atoms with E-state index in [1.807, 2.05) is 6.07 Å². The van der Waals surface area contributed by atoms with Gasteiger partial charge in [-0.2, -0.15) is 0 Å². The molecule has 0 unspecified atom stereocenters. The number of ether oxygens (including phenoxy) is 2. The Balaban J connectivity index is 1.25. The Bertz CT molecular complexity index is 915. The van der Waals surface area contributed by atoms with Gasteiger partial charge in [0.05, 0.1) is 12.7 Å². The third-order valence-corrected chi connectivity index (χ3v) is 5.63. The number of piperazine rings is 1. The summed E-state index contributed by atoms with van der Waals surface area (Å²) in [7, 11) is 1.54. The van der Waals surface area contributed by atoms with Crippen molar-refractivity contribution in [3.8, 4) is 11.5 Å². The van der Waals surface area contributed by atoms with E-state index < -0.39 is 0 Å². The molecule has 164 valence electrons. The molecule has 9 nitrogen and oxygen atoms in total. The number of imide groups is 1. The van der Waals surface area contributed by atoms with Crippen LogP contribution in [0.3, 0.4) is 0 Å². The number of aromatic nitrogens is 2. The summed E-state index contributed by atoms with van der Waals surface area (Å²) >= 11 is 0. The number of rotatable bonds is 7. The molecule has 9 heteroatoms. The van der Waals surface area contributed by atoms with E-state index in [4.69, 9.17) is 9.47 Å². The average molecular weight is 425 g/mol. The number of methoxy groups -OCH3 is 1. The van der Waals surface area contributed by atoms with Crippen LogP contribution in [-0.2, 0) is 4.79 Å². The zero-order chi connectivity index (χ0) is 21.6. The van der Waals surface area contributed by atoms with Crippen molar-refractivity contribution in [1.29, 1.82) is 0 Å². The van der Waals surface area contributed by atoms with Crippen molar-refractivity contribution in [1.82, 2.24) is 19.8 Å². The molecule has 31 heavy (non-hydrogen) atoms. The van der Waals surface area contributed by atoms with E-state index in [-0.39, 0.29) is 18.4 Å². The predicted molar refractivity (Wildman–Crippen MR) is 114 cm³/mol. The van der Waals surface area contributed by atoms with Gasteiger partial charge in [-0.15, -0.1) is 0 Å². The summed E-state index contributed by atoms with van der Waals surface area (Å²) in [6, 6.07) is 6.83. The van der Waals surface area contributed by atoms with Crippen LogP contribution in [0.2, 0.25) is 0 Å². The maximum absolute atomic E-state index is 12.9. The molecule has 0 spiro atoms. The molecule has 3 heterocycles. The summed E-state index contributed by atoms with van der Waals surface area (Å²) in [4.78, 5) is 39.9. The van der Waals surface area contributed by atoms with Crippen LogP contribution in [0.25, 0.3) is 0 Å². The number of carbonyl (C=O) groups is 2. The fourth-order valence-corrected chi connectivity index (χ4v) is 3.86. The highest BCUT2D eigenvalue weighted by Crippen LogP contribution is 2.28. The standard InChI is InChI=1S/C22H27N5O4/c1-30-17-5-6-19-18(15-17)21(29)27(20(28)16-31-19)10-3-2-9-25-11-13-26(14-12-25)22-23-7-4-8-24-22/h4-8,15H,2-3,9-14,16H2,1H3. The second kappa shape index (κ2) is 9.74. The van der Waals surface area contributed by atoms with Crippen LogP contribution in [0.5, 0.6) is 11.5 Å². The lowest BCUT2D eigenvalue weighted by atomic mass is 10.1. The van der Waals surface area contributed by atoms with Crippen molar-refractivity contribution in [2.24, 2.45) is 0 Å². The summed E-state index contributed by atoms with van der Waals surface area (Å²) in [6.07, 6.45) is 5.18. The molecule has 1 fully saturated rings. The molecule has 0 atom stereocenters. The average Bonchev–Trinajstić information content (AvgIpc) is 2.94. The minimum absolute atomic E-state index is 0.130. The SMILES string of the molecule is COc1ccc2c(c1)C(=O)N(CCCCN1CCN(c3ncccn3)CC1)C(=O)CO2. The van der Waals surface area contributed by atoms with Gasteiger partial charge in [-0.1, -0.05) is 0 Å². The highest BCUT2D eigenvalue weighted by molar-refractivity contribution is 6.07. The van der Waals surface area contributed by atoms with Gasteiger partial charge in [-0.05, 0) is 43.7 Å². The highest BCUT2D eigenvalue weighted by Gasteiger charge is 2.29. The first-order valence-corrected chi connectivity index (χ1v) is 10.6. The minimum Gasteiger partial charge on any atom is -0.497 e. The second-order valence-electron chi connectivity index (χ2n) is 7.59. The van der Waals surface area contributed by atoms with Crippen molar-refractivity contribution >= 4 is 17.8 Å². The van der Waals surface area contributed by atoms with E-state index in [1.54, 1.807) is 37.7 Å². The Morgan fingerprint density at radius 2 is 1.77 bits per heavy atom. The number of carbonyl (C=O) groups excluding carboxylic acids is 2. The van der Waals surface area contributed by atoms with Gasteiger partial charge in [-0.25, -0.2) is 9.97 Å². The van der Waals surface area contributed by atoms with E-state index in [0.29, 0.717) is 23.6 Å². The maximum Gasteiger partial charge on any atom is 0.267 e. The van der Waals surface area contributed by atoms with E-state index in [2.05, 4.69) is 19.8 Å². The molecule has 4 rings (SSSR count). The Morgan fingerprint density at radius 3 is 2.52 bits per heavy atom. The Labute approximate surface area is 181 Å². The monoisotopic (exact) mass is 425 g/mol. The van der Waals surface area contributed by atoms with Crippen molar-refractivity contribution in [2.45, 2.75) is 12.8 Å². The van der Waals surface area contributed by atoms with E-state index in [1.165, 1.54) is 4.90 Å². The van der Waals surface area contributed by atoms with Crippen LogP contribution in [0.4, 0.5) is 5.95 Å². The van der Waals surface area contributed by atoms with Crippen molar-refractivity contribution in [2.75, 3.05) is 57.9 Å². The van der Waals surface area contributed by atoms with Gasteiger partial charge in [0.1, 0.15) is 11.5 Å². The summed E-state index contributed by atoms with van der Waals surface area (Å²) in [5.74, 6) is 1.12. The van der Waals surface area contributed by atoms with Gasteiger partial charge in [0.15, 0.2) is 6.61 Å². The highest BCUT2D eigenvalue weighted by atomic mass is 16.5. The molecular formula is C22H27N5O4. The molecule has 0 aliphatic carbocycles. The molecule has 0 saturated carbocycles. The molecule has 1 saturated heterocycles. The summed E-state index contributed by atoms with van der Waals surface area (Å²) in [5, 5.41) is 0. The third kappa shape index (κ3) is 4.93. The number of amides is 2. The molecule has 2 aromatic rings. The Morgan fingerprint density at radius 1 is 1.03 bits per heavy atom. The Kier molecular flexibility index (Phi) is 6.61. The first kappa shape index (κ1) is 21.0. The lowest BCUT2D eigenvalue weighted by Gasteiger charge is -2.34. The number of hydrogen-bond acceptors (Lipinski definition) is 8. The van der Waals surface area contributed by atoms with E-state index >= 15 is 0 Å². The van der Waals surface area contributed by atoms with Gasteiger partial charge in [0, 0.05) is 45.1 Å². The molecule has 0 radical (unpaired) electrons. The van der Waals surface area contributed by atoms with Crippen molar-refractivity contribution < 1.29 is 19.1 Å². The number of hydrogen-bond donors (Lipinski definition) is 0. The number of fused-ring (bicyclic) bond motifs is 1. The van der Waals surface area contributed by atoms with E-state index in [9.17, 15) is 9.59 Å².